The summed E-state index contributed by atoms with van der Waals surface area (Å²) in [6.45, 7) is 4.96. The summed E-state index contributed by atoms with van der Waals surface area (Å²) in [6.07, 6.45) is 14.2. The Balaban J connectivity index is 0.000000359. The van der Waals surface area contributed by atoms with Crippen molar-refractivity contribution in [2.45, 2.75) is 38.2 Å². The highest BCUT2D eigenvalue weighted by molar-refractivity contribution is 6.28. The zero-order valence-electron chi connectivity index (χ0n) is 23.2. The van der Waals surface area contributed by atoms with E-state index in [0.717, 1.165) is 5.57 Å². The number of carbonyl (C=O) groups is 2. The van der Waals surface area contributed by atoms with Gasteiger partial charge in [0.25, 0.3) is 5.56 Å². The summed E-state index contributed by atoms with van der Waals surface area (Å²) in [5.41, 5.74) is 6.07. The molecule has 2 atom stereocenters. The number of allylic oxidation sites excluding steroid dienone is 4. The van der Waals surface area contributed by atoms with E-state index in [2.05, 4.69) is 32.2 Å². The highest BCUT2D eigenvalue weighted by Crippen LogP contribution is 2.38. The Hall–Kier alpha value is -5.06. The molecule has 1 saturated heterocycles. The van der Waals surface area contributed by atoms with E-state index in [1.807, 2.05) is 0 Å². The number of terminal acetylenes is 1. The lowest BCUT2D eigenvalue weighted by Gasteiger charge is -2.23. The molecule has 0 aromatic carbocycles. The van der Waals surface area contributed by atoms with E-state index < -0.39 is 24.1 Å². The molecule has 4 rings (SSSR count). The van der Waals surface area contributed by atoms with Crippen molar-refractivity contribution in [2.24, 2.45) is 0 Å². The summed E-state index contributed by atoms with van der Waals surface area (Å²) < 4.78 is 22.3. The van der Waals surface area contributed by atoms with Gasteiger partial charge in [-0.3, -0.25) is 4.79 Å². The fourth-order valence-electron chi connectivity index (χ4n) is 3.89. The molecular weight excluding hydrogens is 582 g/mol. The molecule has 3 aromatic rings. The molecule has 1 aliphatic rings. The molecule has 3 aromatic heterocycles. The van der Waals surface area contributed by atoms with Gasteiger partial charge in [0.15, 0.2) is 5.60 Å². The molecule has 0 bridgehead atoms. The number of nitrogens with one attached hydrogen (secondary N) is 1. The Morgan fingerprint density at radius 1 is 1.35 bits per heavy atom. The van der Waals surface area contributed by atoms with Crippen molar-refractivity contribution in [3.63, 3.8) is 0 Å². The lowest BCUT2D eigenvalue weighted by molar-refractivity contribution is -0.0737. The third-order valence-electron chi connectivity index (χ3n) is 6.02. The predicted octanol–water partition coefficient (Wildman–Crippen LogP) is 4.76. The van der Waals surface area contributed by atoms with Crippen LogP contribution in [-0.2, 0) is 25.6 Å². The first kappa shape index (κ1) is 32.5. The number of anilines is 1. The predicted molar refractivity (Wildman–Crippen MR) is 158 cm³/mol. The van der Waals surface area contributed by atoms with Gasteiger partial charge in [-0.1, -0.05) is 36.8 Å². The minimum absolute atomic E-state index is 0.0227. The second-order valence-corrected chi connectivity index (χ2v) is 9.47. The van der Waals surface area contributed by atoms with Gasteiger partial charge in [0, 0.05) is 12.4 Å². The second-order valence-electron chi connectivity index (χ2n) is 9.13. The maximum atomic E-state index is 12.0. The van der Waals surface area contributed by atoms with Crippen LogP contribution in [0.15, 0.2) is 71.8 Å². The maximum absolute atomic E-state index is 12.0. The largest absolute Gasteiger partial charge is 0.508 e. The molecule has 14 heteroatoms. The Bertz CT molecular complexity index is 1620. The molecule has 0 unspecified atom stereocenters. The first-order chi connectivity index (χ1) is 20.6. The van der Waals surface area contributed by atoms with E-state index in [1.54, 1.807) is 60.2 Å². The molecular formula is C29H30ClN5O8. The highest BCUT2D eigenvalue weighted by Gasteiger charge is 2.41. The van der Waals surface area contributed by atoms with Gasteiger partial charge in [0.2, 0.25) is 5.28 Å². The fourth-order valence-corrected chi connectivity index (χ4v) is 4.06. The number of hydrogen-bond donors (Lipinski definition) is 3. The normalized spacial score (nSPS) is 18.0. The quantitative estimate of drug-likeness (QED) is 0.131. The van der Waals surface area contributed by atoms with Crippen LogP contribution in [0.1, 0.15) is 31.6 Å². The molecule has 226 valence electrons. The summed E-state index contributed by atoms with van der Waals surface area (Å²) in [7, 11) is 0. The fraction of sp³-hybridized carbons (Fsp3) is 0.276. The highest BCUT2D eigenvalue weighted by atomic mass is 35.5. The third kappa shape index (κ3) is 9.22. The molecule has 0 amide bonds. The number of pyridine rings is 1. The van der Waals surface area contributed by atoms with Gasteiger partial charge in [-0.05, 0) is 55.1 Å². The molecule has 0 radical (unpaired) electrons. The maximum Gasteiger partial charge on any atom is 0.508 e. The van der Waals surface area contributed by atoms with Crippen LogP contribution in [-0.4, -0.2) is 55.8 Å². The van der Waals surface area contributed by atoms with Gasteiger partial charge in [0.05, 0.1) is 10.9 Å². The van der Waals surface area contributed by atoms with Crippen molar-refractivity contribution >= 4 is 40.8 Å². The molecule has 0 spiro atoms. The van der Waals surface area contributed by atoms with Crippen molar-refractivity contribution in [1.82, 2.24) is 19.5 Å². The van der Waals surface area contributed by atoms with Crippen molar-refractivity contribution in [3.8, 4) is 12.3 Å². The van der Waals surface area contributed by atoms with E-state index in [0.29, 0.717) is 29.4 Å². The molecule has 0 aliphatic carbocycles. The SMILES string of the molecule is C#C[C@@]1(COC(=O)OCc2ccc[nH]c2=O)CC[C@H](n2ccc3c(N)nc(Cl)nc32)O1.C=C/C=C\C=C(/C)COC(=O)O. The summed E-state index contributed by atoms with van der Waals surface area (Å²) in [5.74, 6) is 2.83. The van der Waals surface area contributed by atoms with Gasteiger partial charge < -0.3 is 39.3 Å². The van der Waals surface area contributed by atoms with Crippen LogP contribution in [0.3, 0.4) is 0 Å². The summed E-state index contributed by atoms with van der Waals surface area (Å²) in [5, 5.41) is 8.81. The van der Waals surface area contributed by atoms with Crippen LogP contribution in [0, 0.1) is 12.3 Å². The number of carbonyl (C=O) groups excluding carboxylic acids is 1. The van der Waals surface area contributed by atoms with Crippen LogP contribution in [0.5, 0.6) is 0 Å². The topological polar surface area (TPSA) is 181 Å². The van der Waals surface area contributed by atoms with E-state index >= 15 is 0 Å². The monoisotopic (exact) mass is 611 g/mol. The second kappa shape index (κ2) is 15.2. The van der Waals surface area contributed by atoms with Crippen LogP contribution >= 0.6 is 11.6 Å². The number of halogens is 1. The van der Waals surface area contributed by atoms with Gasteiger partial charge in [0.1, 0.15) is 37.5 Å². The van der Waals surface area contributed by atoms with Crippen LogP contribution in [0.25, 0.3) is 11.0 Å². The van der Waals surface area contributed by atoms with Gasteiger partial charge in [-0.25, -0.2) is 14.6 Å². The molecule has 1 fully saturated rings. The van der Waals surface area contributed by atoms with Crippen LogP contribution in [0.2, 0.25) is 5.28 Å². The van der Waals surface area contributed by atoms with Crippen molar-refractivity contribution in [1.29, 1.82) is 0 Å². The first-order valence-electron chi connectivity index (χ1n) is 12.8. The third-order valence-corrected chi connectivity index (χ3v) is 6.19. The van der Waals surface area contributed by atoms with Crippen LogP contribution < -0.4 is 11.3 Å². The number of carboxylic acid groups (broad SMARTS) is 1. The standard InChI is InChI=1S/C20H18ClN5O5.C9H12O3/c1-2-20(11-30-19(28)29-10-12-4-3-8-23-17(12)27)7-5-14(31-20)26-9-6-13-15(22)24-18(21)25-16(13)26;1-3-4-5-6-8(2)7-12-9(10)11/h1,3-4,6,8-9,14H,5,7,10-11H2,(H,23,27)(H2,22,24,25);3-6H,1,7H2,2H3,(H,10,11)/b;5-4-,8-6+/t14-,20+;/m1./s1. The van der Waals surface area contributed by atoms with E-state index in [4.69, 9.17) is 43.1 Å². The zero-order chi connectivity index (χ0) is 31.4. The Morgan fingerprint density at radius 3 is 2.84 bits per heavy atom. The Kier molecular flexibility index (Phi) is 11.5. The number of ether oxygens (including phenoxy) is 4. The molecule has 4 heterocycles. The smallest absolute Gasteiger partial charge is 0.450 e. The Morgan fingerprint density at radius 2 is 2.14 bits per heavy atom. The first-order valence-corrected chi connectivity index (χ1v) is 13.2. The number of fused-ring (bicyclic) bond motifs is 1. The van der Waals surface area contributed by atoms with Gasteiger partial charge in [-0.15, -0.1) is 6.42 Å². The van der Waals surface area contributed by atoms with Gasteiger partial charge >= 0.3 is 12.3 Å². The number of nitrogen functional groups attached to an aromatic ring is 1. The number of H-pyrrole nitrogens is 1. The minimum Gasteiger partial charge on any atom is -0.450 e. The molecule has 0 saturated carbocycles. The number of hydrogen-bond acceptors (Lipinski definition) is 10. The van der Waals surface area contributed by atoms with E-state index in [9.17, 15) is 14.4 Å². The zero-order valence-corrected chi connectivity index (χ0v) is 24.0. The van der Waals surface area contributed by atoms with E-state index in [1.165, 1.54) is 6.20 Å². The van der Waals surface area contributed by atoms with Gasteiger partial charge in [-0.2, -0.15) is 4.98 Å². The number of nitrogens with two attached hydrogens (primary N) is 1. The summed E-state index contributed by atoms with van der Waals surface area (Å²) >= 11 is 5.93. The number of nitrogens with zero attached hydrogens (tertiary/aromatic N) is 3. The average Bonchev–Trinajstić information content (AvgIpc) is 3.60. The van der Waals surface area contributed by atoms with Crippen molar-refractivity contribution in [2.75, 3.05) is 18.9 Å². The molecule has 1 aliphatic heterocycles. The Labute approximate surface area is 251 Å². The summed E-state index contributed by atoms with van der Waals surface area (Å²) in [6, 6.07) is 4.94. The van der Waals surface area contributed by atoms with E-state index in [-0.39, 0.29) is 36.5 Å². The molecule has 13 nitrogen and oxygen atoms in total. The lowest BCUT2D eigenvalue weighted by Crippen LogP contribution is -2.34. The molecule has 43 heavy (non-hydrogen) atoms. The number of rotatable bonds is 9. The van der Waals surface area contributed by atoms with Crippen molar-refractivity contribution in [3.05, 3.63) is 88.2 Å². The number of aromatic amines is 1. The lowest BCUT2D eigenvalue weighted by atomic mass is 10.0. The number of aromatic nitrogens is 4. The minimum atomic E-state index is -1.25. The average molecular weight is 612 g/mol. The summed E-state index contributed by atoms with van der Waals surface area (Å²) in [4.78, 5) is 44.2. The molecule has 4 N–H and O–H groups in total. The van der Waals surface area contributed by atoms with Crippen molar-refractivity contribution < 1.29 is 33.6 Å². The van der Waals surface area contributed by atoms with Crippen LogP contribution in [0.4, 0.5) is 15.4 Å².